The topological polar surface area (TPSA) is 42.6 Å². The molecule has 0 aromatic heterocycles. The minimum atomic E-state index is -0.386. The third-order valence-corrected chi connectivity index (χ3v) is 10.1. The summed E-state index contributed by atoms with van der Waals surface area (Å²) in [5.74, 6) is 5.67. The van der Waals surface area contributed by atoms with E-state index in [-0.39, 0.29) is 24.0 Å². The summed E-state index contributed by atoms with van der Waals surface area (Å²) in [4.78, 5) is 4.79. The summed E-state index contributed by atoms with van der Waals surface area (Å²) in [5, 5.41) is 12.3. The highest BCUT2D eigenvalue weighted by atomic mass is 19.2. The van der Waals surface area contributed by atoms with Crippen molar-refractivity contribution in [2.45, 2.75) is 46.0 Å². The van der Waals surface area contributed by atoms with E-state index < -0.39 is 0 Å². The normalized spacial score (nSPS) is 20.4. The smallest absolute Gasteiger partial charge is 0.0866 e. The second-order valence-corrected chi connectivity index (χ2v) is 14.0. The lowest BCUT2D eigenvalue weighted by Crippen LogP contribution is -2.32. The van der Waals surface area contributed by atoms with E-state index >= 15 is 0 Å². The highest BCUT2D eigenvalue weighted by molar-refractivity contribution is 6.03. The minimum Gasteiger partial charge on any atom is -0.339 e. The van der Waals surface area contributed by atoms with Gasteiger partial charge in [-0.1, -0.05) is 149 Å². The van der Waals surface area contributed by atoms with Gasteiger partial charge in [-0.25, -0.2) is 4.39 Å². The molecule has 59 heavy (non-hydrogen) atoms. The maximum absolute atomic E-state index is 14.4. The average molecular weight is 783 g/mol. The molecule has 3 aromatic carbocycles. The molecule has 2 heterocycles. The molecule has 2 unspecified atom stereocenters. The highest BCUT2D eigenvalue weighted by Gasteiger charge is 2.26. The zero-order chi connectivity index (χ0) is 41.5. The fourth-order valence-electron chi connectivity index (χ4n) is 7.03. The summed E-state index contributed by atoms with van der Waals surface area (Å²) in [6.45, 7) is 5.32. The van der Waals surface area contributed by atoms with Gasteiger partial charge in [0.15, 0.2) is 0 Å². The van der Waals surface area contributed by atoms with Crippen LogP contribution in [0.5, 0.6) is 0 Å². The maximum Gasteiger partial charge on any atom is 0.0866 e. The van der Waals surface area contributed by atoms with Crippen molar-refractivity contribution in [1.29, 1.82) is 5.26 Å². The van der Waals surface area contributed by atoms with Crippen LogP contribution in [0.4, 0.5) is 25.9 Å². The van der Waals surface area contributed by atoms with Crippen LogP contribution in [0.3, 0.4) is 0 Å². The Labute approximate surface area is 349 Å². The van der Waals surface area contributed by atoms with Crippen LogP contribution in [0.15, 0.2) is 199 Å². The van der Waals surface area contributed by atoms with E-state index in [1.807, 2.05) is 56.4 Å². The van der Waals surface area contributed by atoms with E-state index in [0.717, 1.165) is 35.4 Å². The van der Waals surface area contributed by atoms with Gasteiger partial charge in [-0.05, 0) is 97.9 Å². The van der Waals surface area contributed by atoms with Crippen molar-refractivity contribution in [2.24, 2.45) is 17.1 Å². The number of nitriles is 1. The highest BCUT2D eigenvalue weighted by Crippen LogP contribution is 2.36. The summed E-state index contributed by atoms with van der Waals surface area (Å²) in [5.41, 5.74) is 9.01. The van der Waals surface area contributed by atoms with Gasteiger partial charge in [-0.2, -0.15) is 5.26 Å². The van der Waals surface area contributed by atoms with Crippen LogP contribution in [-0.2, 0) is 6.42 Å². The van der Waals surface area contributed by atoms with Gasteiger partial charge in [-0.3, -0.25) is 0 Å². The van der Waals surface area contributed by atoms with Crippen LogP contribution in [0.25, 0.3) is 5.57 Å². The zero-order valence-corrected chi connectivity index (χ0v) is 34.0. The molecule has 4 nitrogen and oxygen atoms in total. The van der Waals surface area contributed by atoms with Crippen LogP contribution in [0.2, 0.25) is 0 Å². The Morgan fingerprint density at radius 3 is 2.29 bits per heavy atom. The standard InChI is InChI=1S/C47H42F2N4.C6H10/c48-32-12-4-6-19-41(35-45(51-49)44(26-11-13-33-50)38-20-15-21-38)37-28-30-43(31-29-37)52-34-14-2-1-5-17-40-23-16-22-39-18-9-10-27-46(39)53(36-47(40)52)42-24-7-3-8-25-42;1-3-5-6-4-2/h1-12,14,16,18,23-32,35,38,44H,13,17,19-20,22,34,36H2;3-6H,1-2H3/b5-1-,6-4-,14-2-,23-16-,26-11-,32-12-,41-35+,47-40+,51-45+;5-3-,6-4-. The van der Waals surface area contributed by atoms with E-state index in [9.17, 15) is 8.87 Å². The molecule has 3 aromatic rings. The number of halogens is 2. The van der Waals surface area contributed by atoms with Gasteiger partial charge in [0.05, 0.1) is 31.1 Å². The summed E-state index contributed by atoms with van der Waals surface area (Å²) in [7, 11) is 0. The number of benzene rings is 3. The number of fused-ring (bicyclic) bond motifs is 1. The van der Waals surface area contributed by atoms with Crippen LogP contribution in [-0.4, -0.2) is 18.8 Å². The number of anilines is 3. The second-order valence-electron chi connectivity index (χ2n) is 14.0. The lowest BCUT2D eigenvalue weighted by Gasteiger charge is -2.34. The molecular weight excluding hydrogens is 731 g/mol. The molecule has 0 bridgehead atoms. The van der Waals surface area contributed by atoms with E-state index in [1.165, 1.54) is 28.6 Å². The molecule has 0 fully saturated rings. The first kappa shape index (κ1) is 43.4. The van der Waals surface area contributed by atoms with Crippen molar-refractivity contribution in [2.75, 3.05) is 22.9 Å². The summed E-state index contributed by atoms with van der Waals surface area (Å²) < 4.78 is 27.2. The molecule has 2 aliphatic heterocycles. The van der Waals surface area contributed by atoms with E-state index in [4.69, 9.17) is 5.26 Å². The number of rotatable bonds is 12. The Balaban J connectivity index is 0.00000102. The summed E-state index contributed by atoms with van der Waals surface area (Å²) in [6.07, 6.45) is 34.7. The molecule has 3 aliphatic rings. The summed E-state index contributed by atoms with van der Waals surface area (Å²) >= 11 is 0. The van der Waals surface area contributed by atoms with Crippen LogP contribution < -0.4 is 9.80 Å². The monoisotopic (exact) mass is 782 g/mol. The summed E-state index contributed by atoms with van der Waals surface area (Å²) in [6, 6.07) is 29.6. The van der Waals surface area contributed by atoms with Gasteiger partial charge in [0.2, 0.25) is 0 Å². The molecule has 0 radical (unpaired) electrons. The van der Waals surface area contributed by atoms with Gasteiger partial charge < -0.3 is 9.80 Å². The fourth-order valence-corrected chi connectivity index (χ4v) is 7.03. The Morgan fingerprint density at radius 1 is 0.864 bits per heavy atom. The van der Waals surface area contributed by atoms with Gasteiger partial charge in [0, 0.05) is 47.6 Å². The van der Waals surface area contributed by atoms with Crippen molar-refractivity contribution in [3.8, 4) is 17.9 Å². The van der Waals surface area contributed by atoms with Crippen molar-refractivity contribution >= 4 is 28.3 Å². The number of allylic oxidation sites excluding steroid dienone is 17. The third kappa shape index (κ3) is 12.6. The Morgan fingerprint density at radius 2 is 1.59 bits per heavy atom. The molecule has 1 aliphatic carbocycles. The predicted octanol–water partition coefficient (Wildman–Crippen LogP) is 13.6. The Bertz CT molecular complexity index is 2270. The first-order valence-electron chi connectivity index (χ1n) is 20.2. The molecule has 6 rings (SSSR count). The van der Waals surface area contributed by atoms with E-state index in [1.54, 1.807) is 18.2 Å². The Kier molecular flexibility index (Phi) is 17.7. The number of hydrogen-bond donors (Lipinski definition) is 0. The van der Waals surface area contributed by atoms with Gasteiger partial charge in [0.25, 0.3) is 0 Å². The van der Waals surface area contributed by atoms with Gasteiger partial charge in [0.1, 0.15) is 0 Å². The van der Waals surface area contributed by atoms with Gasteiger partial charge >= 0.3 is 0 Å². The number of nitrogens with zero attached hydrogens (tertiary/aromatic N) is 4. The van der Waals surface area contributed by atoms with E-state index in [0.29, 0.717) is 32.3 Å². The lowest BCUT2D eigenvalue weighted by atomic mass is 9.80. The second kappa shape index (κ2) is 24.1. The van der Waals surface area contributed by atoms with Crippen molar-refractivity contribution in [3.63, 3.8) is 0 Å². The van der Waals surface area contributed by atoms with Crippen molar-refractivity contribution < 1.29 is 8.87 Å². The SMILES string of the molecule is C/C=C\C=C/C.N#CC/C=C\C(C(/C=C(\C/C=C\C=C/F)c1ccc(N2C/C=C\C=C/CC3=C\2CN(c2ccccc2)c2ccccc2C/C=C\3)cc1)=N/F)C1C#CC1. The molecule has 0 saturated carbocycles. The van der Waals surface area contributed by atoms with Crippen LogP contribution in [0.1, 0.15) is 50.7 Å². The minimum absolute atomic E-state index is 0.0741. The first-order valence-corrected chi connectivity index (χ1v) is 20.2. The molecule has 6 heteroatoms. The number of hydrogen-bond acceptors (Lipinski definition) is 4. The molecule has 0 amide bonds. The fraction of sp³-hybridized carbons (Fsp3) is 0.208. The quantitative estimate of drug-likeness (QED) is 0.0795. The van der Waals surface area contributed by atoms with Crippen LogP contribution in [0, 0.1) is 35.0 Å². The average Bonchev–Trinajstić information content (AvgIpc) is 3.40. The van der Waals surface area contributed by atoms with Gasteiger partial charge in [-0.15, -0.1) is 5.92 Å². The largest absolute Gasteiger partial charge is 0.339 e. The Hall–Kier alpha value is -6.76. The van der Waals surface area contributed by atoms with Crippen molar-refractivity contribution in [3.05, 3.63) is 205 Å². The number of para-hydroxylation sites is 2. The molecule has 0 N–H and O–H groups in total. The predicted molar refractivity (Wildman–Crippen MR) is 245 cm³/mol. The third-order valence-electron chi connectivity index (χ3n) is 10.1. The first-order chi connectivity index (χ1) is 29.1. The molecular formula is C53H52F2N4. The molecule has 298 valence electrons. The molecule has 0 spiro atoms. The molecule has 2 atom stereocenters. The lowest BCUT2D eigenvalue weighted by molar-refractivity contribution is 0.515. The molecule has 0 saturated heterocycles. The maximum atomic E-state index is 14.4. The van der Waals surface area contributed by atoms with Crippen LogP contribution >= 0.6 is 0 Å². The van der Waals surface area contributed by atoms with Crippen molar-refractivity contribution in [1.82, 2.24) is 0 Å². The zero-order valence-electron chi connectivity index (χ0n) is 34.0. The van der Waals surface area contributed by atoms with E-state index in [2.05, 4.69) is 142 Å².